The highest BCUT2D eigenvalue weighted by Crippen LogP contribution is 2.22. The second-order valence-electron chi connectivity index (χ2n) is 5.61. The van der Waals surface area contributed by atoms with Crippen LogP contribution >= 0.6 is 11.6 Å². The van der Waals surface area contributed by atoms with E-state index in [0.29, 0.717) is 16.4 Å². The molecular formula is C20H15ClN2O4. The van der Waals surface area contributed by atoms with Gasteiger partial charge in [-0.1, -0.05) is 35.9 Å². The van der Waals surface area contributed by atoms with Crippen molar-refractivity contribution in [1.82, 2.24) is 4.98 Å². The van der Waals surface area contributed by atoms with E-state index >= 15 is 0 Å². The highest BCUT2D eigenvalue weighted by atomic mass is 35.5. The number of benzene rings is 2. The van der Waals surface area contributed by atoms with Gasteiger partial charge in [0.15, 0.2) is 6.61 Å². The lowest BCUT2D eigenvalue weighted by Crippen LogP contribution is -2.21. The van der Waals surface area contributed by atoms with E-state index < -0.39 is 18.5 Å². The predicted octanol–water partition coefficient (Wildman–Crippen LogP) is 3.90. The van der Waals surface area contributed by atoms with Gasteiger partial charge in [-0.15, -0.1) is 0 Å². The molecule has 3 aromatic rings. The molecule has 0 aliphatic heterocycles. The maximum absolute atomic E-state index is 12.1. The first-order valence-electron chi connectivity index (χ1n) is 7.99. The zero-order chi connectivity index (χ0) is 19.2. The summed E-state index contributed by atoms with van der Waals surface area (Å²) in [6.07, 6.45) is 1.40. The van der Waals surface area contributed by atoms with Gasteiger partial charge in [-0.2, -0.15) is 0 Å². The summed E-state index contributed by atoms with van der Waals surface area (Å²) in [5.74, 6) is -0.602. The molecular weight excluding hydrogens is 368 g/mol. The average molecular weight is 383 g/mol. The third-order valence-electron chi connectivity index (χ3n) is 3.65. The third kappa shape index (κ3) is 5.05. The molecule has 0 aliphatic rings. The molecule has 0 radical (unpaired) electrons. The molecule has 1 heterocycles. The van der Waals surface area contributed by atoms with Gasteiger partial charge in [-0.3, -0.25) is 4.79 Å². The van der Waals surface area contributed by atoms with Crippen LogP contribution in [0, 0.1) is 0 Å². The maximum atomic E-state index is 12.1. The molecule has 1 amide bonds. The minimum absolute atomic E-state index is 0.186. The fourth-order valence-electron chi connectivity index (χ4n) is 2.30. The summed E-state index contributed by atoms with van der Waals surface area (Å²) in [5.41, 5.74) is 2.12. The van der Waals surface area contributed by atoms with Crippen LogP contribution in [0.15, 0.2) is 66.9 Å². The van der Waals surface area contributed by atoms with Gasteiger partial charge in [0.2, 0.25) is 0 Å². The Morgan fingerprint density at radius 2 is 1.59 bits per heavy atom. The Morgan fingerprint density at radius 1 is 0.963 bits per heavy atom. The predicted molar refractivity (Wildman–Crippen MR) is 102 cm³/mol. The van der Waals surface area contributed by atoms with E-state index in [2.05, 4.69) is 10.3 Å². The first-order chi connectivity index (χ1) is 13.0. The molecule has 136 valence electrons. The number of nitrogens with one attached hydrogen (secondary N) is 1. The lowest BCUT2D eigenvalue weighted by atomic mass is 10.0. The van der Waals surface area contributed by atoms with Crippen LogP contribution in [0.25, 0.3) is 11.1 Å². The number of carbonyl (C=O) groups is 2. The monoisotopic (exact) mass is 382 g/mol. The minimum atomic E-state index is -0.605. The summed E-state index contributed by atoms with van der Waals surface area (Å²) in [5, 5.41) is 12.3. The van der Waals surface area contributed by atoms with Gasteiger partial charge in [0.1, 0.15) is 11.6 Å². The number of halogens is 1. The zero-order valence-electron chi connectivity index (χ0n) is 14.1. The number of aromatic hydroxyl groups is 1. The van der Waals surface area contributed by atoms with Crippen LogP contribution in [0.5, 0.6) is 5.75 Å². The van der Waals surface area contributed by atoms with Crippen LogP contribution in [-0.2, 0) is 9.53 Å². The van der Waals surface area contributed by atoms with Gasteiger partial charge in [0, 0.05) is 6.20 Å². The molecule has 7 heteroatoms. The minimum Gasteiger partial charge on any atom is -0.508 e. The van der Waals surface area contributed by atoms with E-state index in [0.717, 1.165) is 11.1 Å². The molecule has 2 aromatic carbocycles. The summed E-state index contributed by atoms with van der Waals surface area (Å²) < 4.78 is 5.01. The lowest BCUT2D eigenvalue weighted by molar-refractivity contribution is -0.119. The van der Waals surface area contributed by atoms with Gasteiger partial charge in [0.25, 0.3) is 5.91 Å². The molecule has 0 atom stereocenters. The number of hydrogen-bond acceptors (Lipinski definition) is 5. The Kier molecular flexibility index (Phi) is 5.68. The third-order valence-corrected chi connectivity index (χ3v) is 3.87. The van der Waals surface area contributed by atoms with Crippen molar-refractivity contribution in [3.8, 4) is 16.9 Å². The van der Waals surface area contributed by atoms with Gasteiger partial charge >= 0.3 is 5.97 Å². The second-order valence-corrected chi connectivity index (χ2v) is 6.05. The molecule has 27 heavy (non-hydrogen) atoms. The van der Waals surface area contributed by atoms with Crippen LogP contribution < -0.4 is 5.32 Å². The normalized spacial score (nSPS) is 10.3. The smallest absolute Gasteiger partial charge is 0.338 e. The van der Waals surface area contributed by atoms with Crippen molar-refractivity contribution < 1.29 is 19.4 Å². The molecule has 0 saturated carbocycles. The largest absolute Gasteiger partial charge is 0.508 e. The fraction of sp³-hybridized carbons (Fsp3) is 0.0500. The summed E-state index contributed by atoms with van der Waals surface area (Å²) in [4.78, 5) is 27.8. The fourth-order valence-corrected chi connectivity index (χ4v) is 2.41. The highest BCUT2D eigenvalue weighted by Gasteiger charge is 2.11. The van der Waals surface area contributed by atoms with Crippen molar-refractivity contribution in [2.75, 3.05) is 11.9 Å². The Balaban J connectivity index is 1.55. The van der Waals surface area contributed by atoms with Crippen molar-refractivity contribution in [2.45, 2.75) is 0 Å². The summed E-state index contributed by atoms with van der Waals surface area (Å²) in [7, 11) is 0. The number of pyridine rings is 1. The number of carbonyl (C=O) groups excluding carboxylic acids is 2. The van der Waals surface area contributed by atoms with Crippen molar-refractivity contribution in [3.63, 3.8) is 0 Å². The van der Waals surface area contributed by atoms with E-state index in [1.165, 1.54) is 6.20 Å². The van der Waals surface area contributed by atoms with Gasteiger partial charge in [-0.25, -0.2) is 9.78 Å². The standard InChI is InChI=1S/C20H15ClN2O4/c21-16-7-10-18(22-11-16)23-19(25)12-27-20(26)15-3-1-13(2-4-15)14-5-8-17(24)9-6-14/h1-11,24H,12H2,(H,22,23,25). The van der Waals surface area contributed by atoms with E-state index in [4.69, 9.17) is 16.3 Å². The zero-order valence-corrected chi connectivity index (χ0v) is 14.8. The number of ether oxygens (including phenoxy) is 1. The van der Waals surface area contributed by atoms with Crippen molar-refractivity contribution >= 4 is 29.3 Å². The van der Waals surface area contributed by atoms with Crippen molar-refractivity contribution in [3.05, 3.63) is 77.4 Å². The number of hydrogen-bond donors (Lipinski definition) is 2. The van der Waals surface area contributed by atoms with Crippen LogP contribution in [0.4, 0.5) is 5.82 Å². The average Bonchev–Trinajstić information content (AvgIpc) is 2.69. The molecule has 3 rings (SSSR count). The SMILES string of the molecule is O=C(COC(=O)c1ccc(-c2ccc(O)cc2)cc1)Nc1ccc(Cl)cn1. The quantitative estimate of drug-likeness (QED) is 0.653. The number of rotatable bonds is 5. The Bertz CT molecular complexity index is 939. The number of nitrogens with zero attached hydrogens (tertiary/aromatic N) is 1. The van der Waals surface area contributed by atoms with E-state index in [1.54, 1.807) is 60.7 Å². The van der Waals surface area contributed by atoms with E-state index in [-0.39, 0.29) is 5.75 Å². The number of phenolic OH excluding ortho intramolecular Hbond substituents is 1. The van der Waals surface area contributed by atoms with Crippen LogP contribution in [0.1, 0.15) is 10.4 Å². The first kappa shape index (κ1) is 18.4. The number of phenols is 1. The Hall–Kier alpha value is -3.38. The Labute approximate surface area is 160 Å². The summed E-state index contributed by atoms with van der Waals surface area (Å²) in [6, 6.07) is 16.6. The molecule has 0 spiro atoms. The summed E-state index contributed by atoms with van der Waals surface area (Å²) in [6.45, 7) is -0.428. The van der Waals surface area contributed by atoms with Gasteiger partial charge in [0.05, 0.1) is 10.6 Å². The lowest BCUT2D eigenvalue weighted by Gasteiger charge is -2.07. The number of amides is 1. The van der Waals surface area contributed by atoms with E-state index in [9.17, 15) is 14.7 Å². The molecule has 0 bridgehead atoms. The molecule has 6 nitrogen and oxygen atoms in total. The van der Waals surface area contributed by atoms with Crippen LogP contribution in [-0.4, -0.2) is 28.6 Å². The van der Waals surface area contributed by atoms with Crippen LogP contribution in [0.3, 0.4) is 0 Å². The summed E-state index contributed by atoms with van der Waals surface area (Å²) >= 11 is 5.72. The van der Waals surface area contributed by atoms with Crippen molar-refractivity contribution in [2.24, 2.45) is 0 Å². The van der Waals surface area contributed by atoms with Gasteiger partial charge in [-0.05, 0) is 47.5 Å². The van der Waals surface area contributed by atoms with E-state index in [1.807, 2.05) is 0 Å². The Morgan fingerprint density at radius 3 is 2.19 bits per heavy atom. The molecule has 1 aromatic heterocycles. The highest BCUT2D eigenvalue weighted by molar-refractivity contribution is 6.30. The number of esters is 1. The first-order valence-corrected chi connectivity index (χ1v) is 8.37. The molecule has 0 saturated heterocycles. The topological polar surface area (TPSA) is 88.5 Å². The number of aromatic nitrogens is 1. The molecule has 2 N–H and O–H groups in total. The molecule has 0 fully saturated rings. The number of anilines is 1. The second kappa shape index (κ2) is 8.33. The molecule has 0 aliphatic carbocycles. The van der Waals surface area contributed by atoms with Crippen LogP contribution in [0.2, 0.25) is 5.02 Å². The van der Waals surface area contributed by atoms with Gasteiger partial charge < -0.3 is 15.2 Å². The molecule has 0 unspecified atom stereocenters. The van der Waals surface area contributed by atoms with Crippen molar-refractivity contribution in [1.29, 1.82) is 0 Å². The maximum Gasteiger partial charge on any atom is 0.338 e.